The molecule has 112 valence electrons. The van der Waals surface area contributed by atoms with Crippen molar-refractivity contribution < 1.29 is 0 Å². The van der Waals surface area contributed by atoms with Gasteiger partial charge < -0.3 is 0 Å². The first-order valence-electron chi connectivity index (χ1n) is 7.48. The van der Waals surface area contributed by atoms with Gasteiger partial charge in [0, 0.05) is 24.0 Å². The van der Waals surface area contributed by atoms with E-state index in [1.807, 2.05) is 5.38 Å². The molecule has 3 rings (SSSR count). The summed E-state index contributed by atoms with van der Waals surface area (Å²) in [6.45, 7) is 8.07. The summed E-state index contributed by atoms with van der Waals surface area (Å²) in [6, 6.07) is 6.71. The van der Waals surface area contributed by atoms with Crippen LogP contribution in [0, 0.1) is 12.8 Å². The summed E-state index contributed by atoms with van der Waals surface area (Å²) in [5.41, 5.74) is 4.95. The molecule has 1 fully saturated rings. The van der Waals surface area contributed by atoms with Crippen LogP contribution in [0.1, 0.15) is 30.2 Å². The molecule has 2 aromatic rings. The second-order valence-corrected chi connectivity index (χ2v) is 7.17. The quantitative estimate of drug-likeness (QED) is 0.759. The van der Waals surface area contributed by atoms with Crippen molar-refractivity contribution in [3.05, 3.63) is 40.4 Å². The Hall–Kier alpha value is -0.900. The fourth-order valence-corrected chi connectivity index (χ4v) is 3.96. The molecular formula is C17H21ClN2S. The van der Waals surface area contributed by atoms with Crippen molar-refractivity contribution in [2.45, 2.75) is 32.7 Å². The number of nitrogens with zero attached hydrogens (tertiary/aromatic N) is 2. The van der Waals surface area contributed by atoms with Crippen molar-refractivity contribution in [1.82, 2.24) is 9.88 Å². The van der Waals surface area contributed by atoms with Gasteiger partial charge in [-0.3, -0.25) is 4.90 Å². The molecule has 1 unspecified atom stereocenters. The molecule has 0 bridgehead atoms. The van der Waals surface area contributed by atoms with E-state index in [0.29, 0.717) is 5.88 Å². The Morgan fingerprint density at radius 2 is 2.29 bits per heavy atom. The highest BCUT2D eigenvalue weighted by molar-refractivity contribution is 7.13. The van der Waals surface area contributed by atoms with Gasteiger partial charge in [-0.05, 0) is 43.0 Å². The molecule has 1 aromatic heterocycles. The highest BCUT2D eigenvalue weighted by atomic mass is 35.5. The van der Waals surface area contributed by atoms with Crippen molar-refractivity contribution in [1.29, 1.82) is 0 Å². The highest BCUT2D eigenvalue weighted by Gasteiger charge is 2.19. The van der Waals surface area contributed by atoms with Crippen LogP contribution in [0.3, 0.4) is 0 Å². The summed E-state index contributed by atoms with van der Waals surface area (Å²) in [7, 11) is 0. The van der Waals surface area contributed by atoms with Gasteiger partial charge in [0.2, 0.25) is 0 Å². The maximum Gasteiger partial charge on any atom is 0.123 e. The van der Waals surface area contributed by atoms with E-state index in [0.717, 1.165) is 23.2 Å². The van der Waals surface area contributed by atoms with Crippen LogP contribution in [0.5, 0.6) is 0 Å². The van der Waals surface area contributed by atoms with Crippen LogP contribution in [0.2, 0.25) is 0 Å². The second kappa shape index (κ2) is 6.47. The van der Waals surface area contributed by atoms with Gasteiger partial charge in [-0.15, -0.1) is 22.9 Å². The third-order valence-corrected chi connectivity index (χ3v) is 5.39. The third kappa shape index (κ3) is 3.47. The Morgan fingerprint density at radius 1 is 1.43 bits per heavy atom. The standard InChI is InChI=1S/C17H21ClN2S/c1-12-5-6-20(9-12)10-15-4-3-14(7-13(15)2)17-19-16(8-18)11-21-17/h3-4,7,11-12H,5-6,8-10H2,1-2H3. The van der Waals surface area contributed by atoms with Crippen LogP contribution < -0.4 is 0 Å². The molecule has 21 heavy (non-hydrogen) atoms. The highest BCUT2D eigenvalue weighted by Crippen LogP contribution is 2.27. The Labute approximate surface area is 135 Å². The molecular weight excluding hydrogens is 300 g/mol. The molecule has 1 aliphatic rings. The van der Waals surface area contributed by atoms with E-state index in [9.17, 15) is 0 Å². The number of benzene rings is 1. The van der Waals surface area contributed by atoms with Crippen molar-refractivity contribution in [2.24, 2.45) is 5.92 Å². The first-order chi connectivity index (χ1) is 10.2. The summed E-state index contributed by atoms with van der Waals surface area (Å²) in [5, 5.41) is 3.10. The average Bonchev–Trinajstić information content (AvgIpc) is 3.10. The third-order valence-electron chi connectivity index (χ3n) is 4.18. The largest absolute Gasteiger partial charge is 0.299 e. The molecule has 1 atom stereocenters. The lowest BCUT2D eigenvalue weighted by molar-refractivity contribution is 0.320. The molecule has 0 aliphatic carbocycles. The number of halogens is 1. The van der Waals surface area contributed by atoms with Crippen LogP contribution in [0.15, 0.2) is 23.6 Å². The van der Waals surface area contributed by atoms with Gasteiger partial charge in [0.05, 0.1) is 11.6 Å². The van der Waals surface area contributed by atoms with Crippen LogP contribution >= 0.6 is 22.9 Å². The number of thiazole rings is 1. The SMILES string of the molecule is Cc1cc(-c2nc(CCl)cs2)ccc1CN1CCC(C)C1. The zero-order chi connectivity index (χ0) is 14.8. The molecule has 2 heterocycles. The molecule has 0 saturated carbocycles. The normalized spacial score (nSPS) is 19.3. The Bertz CT molecular complexity index is 623. The van der Waals surface area contributed by atoms with Gasteiger partial charge >= 0.3 is 0 Å². The average molecular weight is 321 g/mol. The summed E-state index contributed by atoms with van der Waals surface area (Å²) >= 11 is 7.50. The minimum atomic E-state index is 0.487. The fraction of sp³-hybridized carbons (Fsp3) is 0.471. The van der Waals surface area contributed by atoms with E-state index < -0.39 is 0 Å². The minimum Gasteiger partial charge on any atom is -0.299 e. The predicted molar refractivity (Wildman–Crippen MR) is 90.9 cm³/mol. The summed E-state index contributed by atoms with van der Waals surface area (Å²) in [4.78, 5) is 7.12. The van der Waals surface area contributed by atoms with Crippen molar-refractivity contribution >= 4 is 22.9 Å². The van der Waals surface area contributed by atoms with Crippen LogP contribution in [0.4, 0.5) is 0 Å². The molecule has 0 radical (unpaired) electrons. The summed E-state index contributed by atoms with van der Waals surface area (Å²) < 4.78 is 0. The fourth-order valence-electron chi connectivity index (χ4n) is 2.92. The van der Waals surface area contributed by atoms with Crippen molar-refractivity contribution in [2.75, 3.05) is 13.1 Å². The van der Waals surface area contributed by atoms with Gasteiger partial charge in [0.1, 0.15) is 5.01 Å². The van der Waals surface area contributed by atoms with E-state index in [-0.39, 0.29) is 0 Å². The van der Waals surface area contributed by atoms with Gasteiger partial charge in [-0.25, -0.2) is 4.98 Å². The van der Waals surface area contributed by atoms with E-state index in [4.69, 9.17) is 11.6 Å². The number of hydrogen-bond acceptors (Lipinski definition) is 3. The minimum absolute atomic E-state index is 0.487. The van der Waals surface area contributed by atoms with Crippen LogP contribution in [-0.4, -0.2) is 23.0 Å². The lowest BCUT2D eigenvalue weighted by Gasteiger charge is -2.17. The monoisotopic (exact) mass is 320 g/mol. The first kappa shape index (κ1) is 15.0. The van der Waals surface area contributed by atoms with Crippen molar-refractivity contribution in [3.8, 4) is 10.6 Å². The molecule has 2 nitrogen and oxygen atoms in total. The molecule has 0 spiro atoms. The Balaban J connectivity index is 1.76. The number of rotatable bonds is 4. The van der Waals surface area contributed by atoms with Crippen LogP contribution in [0.25, 0.3) is 10.6 Å². The molecule has 1 aliphatic heterocycles. The second-order valence-electron chi connectivity index (χ2n) is 6.05. The number of aryl methyl sites for hydroxylation is 1. The van der Waals surface area contributed by atoms with Gasteiger partial charge in [-0.2, -0.15) is 0 Å². The first-order valence-corrected chi connectivity index (χ1v) is 8.89. The maximum absolute atomic E-state index is 5.83. The predicted octanol–water partition coefficient (Wildman–Crippen LogP) is 4.70. The van der Waals surface area contributed by atoms with E-state index in [1.165, 1.54) is 36.2 Å². The topological polar surface area (TPSA) is 16.1 Å². The zero-order valence-electron chi connectivity index (χ0n) is 12.6. The Kier molecular flexibility index (Phi) is 4.63. The number of aromatic nitrogens is 1. The number of likely N-dealkylation sites (tertiary alicyclic amines) is 1. The van der Waals surface area contributed by atoms with E-state index in [2.05, 4.69) is 41.9 Å². The molecule has 0 amide bonds. The van der Waals surface area contributed by atoms with E-state index in [1.54, 1.807) is 11.3 Å². The zero-order valence-corrected chi connectivity index (χ0v) is 14.2. The summed E-state index contributed by atoms with van der Waals surface area (Å²) in [5.74, 6) is 1.33. The molecule has 1 aromatic carbocycles. The van der Waals surface area contributed by atoms with Gasteiger partial charge in [0.15, 0.2) is 0 Å². The lowest BCUT2D eigenvalue weighted by Crippen LogP contribution is -2.20. The number of alkyl halides is 1. The molecule has 0 N–H and O–H groups in total. The number of hydrogen-bond donors (Lipinski definition) is 0. The Morgan fingerprint density at radius 3 is 2.90 bits per heavy atom. The van der Waals surface area contributed by atoms with Crippen molar-refractivity contribution in [3.63, 3.8) is 0 Å². The van der Waals surface area contributed by atoms with Crippen LogP contribution in [-0.2, 0) is 12.4 Å². The molecule has 1 saturated heterocycles. The smallest absolute Gasteiger partial charge is 0.123 e. The maximum atomic E-state index is 5.83. The van der Waals surface area contributed by atoms with E-state index >= 15 is 0 Å². The van der Waals surface area contributed by atoms with Gasteiger partial charge in [0.25, 0.3) is 0 Å². The van der Waals surface area contributed by atoms with Gasteiger partial charge in [-0.1, -0.05) is 19.1 Å². The summed E-state index contributed by atoms with van der Waals surface area (Å²) in [6.07, 6.45) is 1.33. The molecule has 4 heteroatoms. The lowest BCUT2D eigenvalue weighted by atomic mass is 10.0.